The summed E-state index contributed by atoms with van der Waals surface area (Å²) < 4.78 is 6.12. The van der Waals surface area contributed by atoms with Gasteiger partial charge in [0.25, 0.3) is 0 Å². The van der Waals surface area contributed by atoms with Gasteiger partial charge in [0.1, 0.15) is 6.10 Å². The summed E-state index contributed by atoms with van der Waals surface area (Å²) in [7, 11) is 0. The minimum Gasteiger partial charge on any atom is -0.385 e. The summed E-state index contributed by atoms with van der Waals surface area (Å²) in [5.41, 5.74) is 1.96. The average molecular weight is 290 g/mol. The van der Waals surface area contributed by atoms with Crippen molar-refractivity contribution in [2.45, 2.75) is 76.9 Å². The van der Waals surface area contributed by atoms with E-state index in [-0.39, 0.29) is 5.60 Å². The minimum absolute atomic E-state index is 0.379. The Kier molecular flexibility index (Phi) is 6.25. The molecule has 0 bridgehead atoms. The molecule has 118 valence electrons. The summed E-state index contributed by atoms with van der Waals surface area (Å²) >= 11 is 0. The van der Waals surface area contributed by atoms with Crippen LogP contribution in [0.1, 0.15) is 76.0 Å². The normalized spacial score (nSPS) is 20.0. The third kappa shape index (κ3) is 4.08. The van der Waals surface area contributed by atoms with Gasteiger partial charge in [0.2, 0.25) is 0 Å². The van der Waals surface area contributed by atoms with Crippen LogP contribution >= 0.6 is 0 Å². The molecular weight excluding hydrogens is 260 g/mol. The van der Waals surface area contributed by atoms with Crippen molar-refractivity contribution in [1.82, 2.24) is 0 Å². The van der Waals surface area contributed by atoms with Gasteiger partial charge in [0, 0.05) is 6.61 Å². The number of benzene rings is 1. The largest absolute Gasteiger partial charge is 0.385 e. The molecule has 0 spiro atoms. The number of aliphatic hydroxyl groups is 1. The first-order valence-corrected chi connectivity index (χ1v) is 8.62. The van der Waals surface area contributed by atoms with E-state index < -0.39 is 6.10 Å². The van der Waals surface area contributed by atoms with Crippen LogP contribution in [0, 0.1) is 0 Å². The number of ether oxygens (including phenoxy) is 1. The Morgan fingerprint density at radius 2 is 1.86 bits per heavy atom. The van der Waals surface area contributed by atoms with Crippen LogP contribution in [0.3, 0.4) is 0 Å². The fourth-order valence-corrected chi connectivity index (χ4v) is 3.62. The Balaban J connectivity index is 2.24. The van der Waals surface area contributed by atoms with E-state index in [0.29, 0.717) is 6.61 Å². The van der Waals surface area contributed by atoms with Crippen molar-refractivity contribution in [2.24, 2.45) is 0 Å². The van der Waals surface area contributed by atoms with Crippen LogP contribution in [-0.2, 0) is 11.2 Å². The summed E-state index contributed by atoms with van der Waals surface area (Å²) in [6, 6.07) is 8.44. The molecule has 21 heavy (non-hydrogen) atoms. The summed E-state index contributed by atoms with van der Waals surface area (Å²) in [5.74, 6) is 0. The van der Waals surface area contributed by atoms with E-state index in [1.54, 1.807) is 0 Å². The molecule has 0 amide bonds. The summed E-state index contributed by atoms with van der Waals surface area (Å²) in [5, 5.41) is 11.0. The predicted molar refractivity (Wildman–Crippen MR) is 87.5 cm³/mol. The molecule has 0 saturated heterocycles. The second kappa shape index (κ2) is 7.95. The summed E-state index contributed by atoms with van der Waals surface area (Å²) in [6.07, 6.45) is 8.48. The number of rotatable bonds is 6. The summed E-state index contributed by atoms with van der Waals surface area (Å²) in [4.78, 5) is 0. The van der Waals surface area contributed by atoms with Crippen molar-refractivity contribution in [2.75, 3.05) is 6.61 Å². The number of hydrogen-bond donors (Lipinski definition) is 1. The molecule has 2 rings (SSSR count). The Bertz CT molecular complexity index is 419. The quantitative estimate of drug-likeness (QED) is 0.762. The third-order valence-electron chi connectivity index (χ3n) is 4.69. The maximum Gasteiger partial charge on any atom is 0.108 e. The highest BCUT2D eigenvalue weighted by Crippen LogP contribution is 2.40. The van der Waals surface area contributed by atoms with Crippen LogP contribution in [0.15, 0.2) is 24.3 Å². The van der Waals surface area contributed by atoms with Crippen molar-refractivity contribution in [3.63, 3.8) is 0 Å². The number of aryl methyl sites for hydroxylation is 1. The van der Waals surface area contributed by atoms with Gasteiger partial charge in [0.15, 0.2) is 0 Å². The Hall–Kier alpha value is -0.860. The number of hydrogen-bond acceptors (Lipinski definition) is 2. The smallest absolute Gasteiger partial charge is 0.108 e. The van der Waals surface area contributed by atoms with E-state index >= 15 is 0 Å². The molecule has 2 nitrogen and oxygen atoms in total. The van der Waals surface area contributed by atoms with E-state index in [1.807, 2.05) is 6.92 Å². The first-order chi connectivity index (χ1) is 10.2. The van der Waals surface area contributed by atoms with Crippen LogP contribution in [0.2, 0.25) is 0 Å². The van der Waals surface area contributed by atoms with Crippen LogP contribution in [0.25, 0.3) is 0 Å². The average Bonchev–Trinajstić information content (AvgIpc) is 2.74. The third-order valence-corrected chi connectivity index (χ3v) is 4.69. The topological polar surface area (TPSA) is 29.5 Å². The Morgan fingerprint density at radius 1 is 1.14 bits per heavy atom. The zero-order valence-electron chi connectivity index (χ0n) is 13.6. The van der Waals surface area contributed by atoms with Gasteiger partial charge in [-0.1, -0.05) is 63.3 Å². The second-order valence-corrected chi connectivity index (χ2v) is 6.31. The molecule has 1 aliphatic rings. The Labute approximate surface area is 129 Å². The van der Waals surface area contributed by atoms with Crippen LogP contribution in [-0.4, -0.2) is 17.3 Å². The zero-order chi connectivity index (χ0) is 15.1. The fourth-order valence-electron chi connectivity index (χ4n) is 3.62. The summed E-state index contributed by atoms with van der Waals surface area (Å²) in [6.45, 7) is 4.90. The standard InChI is InChI=1S/C19H30O2/c1-3-10-16-11-9-12-17(15-16)18(20)19(21-4-2)13-7-5-6-8-14-19/h9,11-12,15,18,20H,3-8,10,13-14H2,1-2H3. The van der Waals surface area contributed by atoms with Crippen LogP contribution < -0.4 is 0 Å². The molecule has 1 unspecified atom stereocenters. The van der Waals surface area contributed by atoms with Crippen molar-refractivity contribution in [1.29, 1.82) is 0 Å². The maximum atomic E-state index is 11.0. The van der Waals surface area contributed by atoms with Crippen molar-refractivity contribution < 1.29 is 9.84 Å². The molecule has 0 aromatic heterocycles. The van der Waals surface area contributed by atoms with Crippen molar-refractivity contribution in [3.05, 3.63) is 35.4 Å². The predicted octanol–water partition coefficient (Wildman–Crippen LogP) is 4.80. The molecule has 1 N–H and O–H groups in total. The van der Waals surface area contributed by atoms with E-state index in [9.17, 15) is 5.11 Å². The zero-order valence-corrected chi connectivity index (χ0v) is 13.6. The lowest BCUT2D eigenvalue weighted by molar-refractivity contribution is -0.131. The highest BCUT2D eigenvalue weighted by atomic mass is 16.5. The first kappa shape index (κ1) is 16.5. The monoisotopic (exact) mass is 290 g/mol. The van der Waals surface area contributed by atoms with Gasteiger partial charge in [0.05, 0.1) is 5.60 Å². The fraction of sp³-hybridized carbons (Fsp3) is 0.684. The highest BCUT2D eigenvalue weighted by Gasteiger charge is 2.39. The van der Waals surface area contributed by atoms with Gasteiger partial charge in [-0.15, -0.1) is 0 Å². The first-order valence-electron chi connectivity index (χ1n) is 8.62. The number of aliphatic hydroxyl groups excluding tert-OH is 1. The van der Waals surface area contributed by atoms with Gasteiger partial charge >= 0.3 is 0 Å². The van der Waals surface area contributed by atoms with Gasteiger partial charge in [-0.3, -0.25) is 0 Å². The van der Waals surface area contributed by atoms with Crippen molar-refractivity contribution >= 4 is 0 Å². The van der Waals surface area contributed by atoms with Crippen molar-refractivity contribution in [3.8, 4) is 0 Å². The SMILES string of the molecule is CCCc1cccc(C(O)C2(OCC)CCCCCC2)c1. The van der Waals surface area contributed by atoms with E-state index in [0.717, 1.165) is 44.1 Å². The second-order valence-electron chi connectivity index (χ2n) is 6.31. The van der Waals surface area contributed by atoms with E-state index in [4.69, 9.17) is 4.74 Å². The van der Waals surface area contributed by atoms with Gasteiger partial charge in [-0.2, -0.15) is 0 Å². The van der Waals surface area contributed by atoms with E-state index in [1.165, 1.54) is 18.4 Å². The maximum absolute atomic E-state index is 11.0. The van der Waals surface area contributed by atoms with Gasteiger partial charge < -0.3 is 9.84 Å². The molecular formula is C19H30O2. The lowest BCUT2D eigenvalue weighted by atomic mass is 9.83. The van der Waals surface area contributed by atoms with Crippen LogP contribution in [0.4, 0.5) is 0 Å². The molecule has 1 aromatic carbocycles. The molecule has 1 aromatic rings. The molecule has 2 heteroatoms. The Morgan fingerprint density at radius 3 is 2.48 bits per heavy atom. The van der Waals surface area contributed by atoms with Crippen LogP contribution in [0.5, 0.6) is 0 Å². The lowest BCUT2D eigenvalue weighted by Gasteiger charge is -2.37. The van der Waals surface area contributed by atoms with E-state index in [2.05, 4.69) is 31.2 Å². The lowest BCUT2D eigenvalue weighted by Crippen LogP contribution is -2.39. The molecule has 1 fully saturated rings. The molecule has 0 heterocycles. The molecule has 1 saturated carbocycles. The molecule has 1 aliphatic carbocycles. The highest BCUT2D eigenvalue weighted by molar-refractivity contribution is 5.27. The van der Waals surface area contributed by atoms with Gasteiger partial charge in [-0.25, -0.2) is 0 Å². The molecule has 1 atom stereocenters. The van der Waals surface area contributed by atoms with Gasteiger partial charge in [-0.05, 0) is 37.3 Å². The molecule has 0 aliphatic heterocycles. The minimum atomic E-state index is -0.507. The molecule has 0 radical (unpaired) electrons.